The summed E-state index contributed by atoms with van der Waals surface area (Å²) in [6, 6.07) is 5.32. The zero-order chi connectivity index (χ0) is 20.2. The number of non-ortho nitro benzene ring substituents is 1. The number of sulfone groups is 1. The largest absolute Gasteiger partial charge is 0.508 e. The van der Waals surface area contributed by atoms with Gasteiger partial charge in [0.05, 0.1) is 17.3 Å². The first-order valence-corrected chi connectivity index (χ1v) is 9.57. The van der Waals surface area contributed by atoms with E-state index >= 15 is 0 Å². The highest BCUT2D eigenvalue weighted by atomic mass is 32.2. The predicted octanol–water partition coefficient (Wildman–Crippen LogP) is 0.116. The number of nitro groups is 1. The van der Waals surface area contributed by atoms with Gasteiger partial charge in [0, 0.05) is 12.1 Å². The number of nitrogens with one attached hydrogen (secondary N) is 1. The van der Waals surface area contributed by atoms with Crippen molar-refractivity contribution in [2.75, 3.05) is 12.4 Å². The first-order chi connectivity index (χ1) is 12.7. The number of nitrogens with zero attached hydrogens (tertiary/aromatic N) is 1. The van der Waals surface area contributed by atoms with Crippen LogP contribution in [0.4, 0.5) is 10.5 Å². The van der Waals surface area contributed by atoms with Crippen LogP contribution < -0.4 is 5.32 Å². The molecule has 1 aliphatic heterocycles. The maximum absolute atomic E-state index is 12.0. The fourth-order valence-corrected chi connectivity index (χ4v) is 4.11. The molecular formula is C15H18N2O9S. The van der Waals surface area contributed by atoms with E-state index in [-0.39, 0.29) is 12.3 Å². The Morgan fingerprint density at radius 2 is 2.00 bits per heavy atom. The summed E-state index contributed by atoms with van der Waals surface area (Å²) < 4.78 is 33.7. The van der Waals surface area contributed by atoms with Crippen molar-refractivity contribution < 1.29 is 37.5 Å². The number of aliphatic hydroxyl groups is 1. The highest BCUT2D eigenvalue weighted by molar-refractivity contribution is 7.92. The summed E-state index contributed by atoms with van der Waals surface area (Å²) >= 11 is 0. The lowest BCUT2D eigenvalue weighted by atomic mass is 9.96. The molecule has 1 saturated heterocycles. The predicted molar refractivity (Wildman–Crippen MR) is 90.1 cm³/mol. The van der Waals surface area contributed by atoms with E-state index in [0.717, 1.165) is 0 Å². The Kier molecular flexibility index (Phi) is 6.33. The fraction of sp³-hybridized carbons (Fsp3) is 0.467. The number of carbonyl (C=O) groups excluding carboxylic acids is 2. The molecule has 1 aromatic carbocycles. The van der Waals surface area contributed by atoms with Gasteiger partial charge in [0.2, 0.25) is 5.91 Å². The zero-order valence-corrected chi connectivity index (χ0v) is 15.0. The molecule has 0 aromatic heterocycles. The number of amides is 1. The third-order valence-electron chi connectivity index (χ3n) is 3.97. The summed E-state index contributed by atoms with van der Waals surface area (Å²) in [5.41, 5.74) is 0.371. The molecule has 27 heavy (non-hydrogen) atoms. The van der Waals surface area contributed by atoms with E-state index in [2.05, 4.69) is 5.32 Å². The van der Waals surface area contributed by atoms with Crippen molar-refractivity contribution in [3.05, 3.63) is 39.9 Å². The van der Waals surface area contributed by atoms with E-state index in [9.17, 15) is 28.1 Å². The van der Waals surface area contributed by atoms with Crippen LogP contribution in [-0.4, -0.2) is 54.3 Å². The molecule has 1 amide bonds. The average Bonchev–Trinajstić information content (AvgIpc) is 2.57. The van der Waals surface area contributed by atoms with Crippen molar-refractivity contribution in [1.82, 2.24) is 5.32 Å². The van der Waals surface area contributed by atoms with Gasteiger partial charge in [-0.1, -0.05) is 0 Å². The molecule has 1 aromatic rings. The molecule has 0 bridgehead atoms. The molecule has 3 atom stereocenters. The van der Waals surface area contributed by atoms with Gasteiger partial charge in [0.15, 0.2) is 9.84 Å². The van der Waals surface area contributed by atoms with Crippen molar-refractivity contribution >= 4 is 27.6 Å². The molecule has 1 aliphatic rings. The molecule has 1 fully saturated rings. The Morgan fingerprint density at radius 1 is 1.37 bits per heavy atom. The van der Waals surface area contributed by atoms with Crippen LogP contribution in [0.3, 0.4) is 0 Å². The second-order valence-corrected chi connectivity index (χ2v) is 8.07. The van der Waals surface area contributed by atoms with E-state index in [1.54, 1.807) is 0 Å². The summed E-state index contributed by atoms with van der Waals surface area (Å²) in [6.45, 7) is 0.554. The number of hydrogen-bond donors (Lipinski definition) is 2. The summed E-state index contributed by atoms with van der Waals surface area (Å²) in [6.07, 6.45) is -2.18. The molecule has 0 radical (unpaired) electrons. The van der Waals surface area contributed by atoms with Gasteiger partial charge in [-0.25, -0.2) is 13.2 Å². The molecule has 0 saturated carbocycles. The molecule has 2 N–H and O–H groups in total. The van der Waals surface area contributed by atoms with Crippen LogP contribution in [-0.2, 0) is 30.7 Å². The monoisotopic (exact) mass is 402 g/mol. The third-order valence-corrected chi connectivity index (χ3v) is 5.90. The second kappa shape index (κ2) is 8.31. The van der Waals surface area contributed by atoms with Crippen molar-refractivity contribution in [1.29, 1.82) is 0 Å². The molecular weight excluding hydrogens is 384 g/mol. The minimum absolute atomic E-state index is 0.110. The molecule has 148 valence electrons. The molecule has 3 unspecified atom stereocenters. The van der Waals surface area contributed by atoms with E-state index in [1.165, 1.54) is 31.2 Å². The van der Waals surface area contributed by atoms with Crippen molar-refractivity contribution in [3.8, 4) is 0 Å². The lowest BCUT2D eigenvalue weighted by Crippen LogP contribution is -2.66. The Hall–Kier alpha value is -2.73. The molecule has 11 nitrogen and oxygen atoms in total. The highest BCUT2D eigenvalue weighted by Gasteiger charge is 2.51. The fourth-order valence-electron chi connectivity index (χ4n) is 2.51. The van der Waals surface area contributed by atoms with Crippen LogP contribution >= 0.6 is 0 Å². The molecule has 1 heterocycles. The van der Waals surface area contributed by atoms with Crippen molar-refractivity contribution in [2.45, 2.75) is 25.0 Å². The van der Waals surface area contributed by atoms with Crippen molar-refractivity contribution in [3.63, 3.8) is 0 Å². The summed E-state index contributed by atoms with van der Waals surface area (Å²) in [5, 5.41) is 20.3. The van der Waals surface area contributed by atoms with Crippen LogP contribution in [0.2, 0.25) is 0 Å². The minimum Gasteiger partial charge on any atom is -0.430 e. The van der Waals surface area contributed by atoms with E-state index in [0.29, 0.717) is 5.56 Å². The van der Waals surface area contributed by atoms with Gasteiger partial charge in [-0.15, -0.1) is 0 Å². The standard InChI is InChI=1S/C15H18N2O9S/c1-9(12-13(19)16-14(12)27(23,24)7-6-18)26-15(20)25-8-10-2-4-11(5-3-10)17(21)22/h2-5,9,12,14,18H,6-8H2,1H3,(H,16,19). The van der Waals surface area contributed by atoms with Gasteiger partial charge >= 0.3 is 6.16 Å². The van der Waals surface area contributed by atoms with Gasteiger partial charge in [-0.05, 0) is 24.6 Å². The quantitative estimate of drug-likeness (QED) is 0.266. The highest BCUT2D eigenvalue weighted by Crippen LogP contribution is 2.26. The summed E-state index contributed by atoms with van der Waals surface area (Å²) in [4.78, 5) is 33.4. The summed E-state index contributed by atoms with van der Waals surface area (Å²) in [5.74, 6) is -2.21. The number of ether oxygens (including phenoxy) is 2. The second-order valence-electron chi connectivity index (χ2n) is 5.83. The first kappa shape index (κ1) is 20.6. The number of hydrogen-bond acceptors (Lipinski definition) is 9. The maximum Gasteiger partial charge on any atom is 0.508 e. The summed E-state index contributed by atoms with van der Waals surface area (Å²) in [7, 11) is -3.77. The van der Waals surface area contributed by atoms with Gasteiger partial charge in [-0.2, -0.15) is 0 Å². The van der Waals surface area contributed by atoms with Gasteiger partial charge in [-0.3, -0.25) is 14.9 Å². The minimum atomic E-state index is -3.77. The molecule has 2 rings (SSSR count). The molecule has 12 heteroatoms. The number of rotatable bonds is 8. The Balaban J connectivity index is 1.89. The van der Waals surface area contributed by atoms with E-state index < -0.39 is 56.6 Å². The Morgan fingerprint density at radius 3 is 2.52 bits per heavy atom. The van der Waals surface area contributed by atoms with Gasteiger partial charge < -0.3 is 19.9 Å². The molecule has 0 spiro atoms. The van der Waals surface area contributed by atoms with Crippen LogP contribution in [0.1, 0.15) is 12.5 Å². The Labute approximate surface area is 154 Å². The normalized spacial score (nSPS) is 20.1. The lowest BCUT2D eigenvalue weighted by molar-refractivity contribution is -0.384. The van der Waals surface area contributed by atoms with Crippen LogP contribution in [0.5, 0.6) is 0 Å². The smallest absolute Gasteiger partial charge is 0.430 e. The molecule has 0 aliphatic carbocycles. The van der Waals surface area contributed by atoms with Crippen LogP contribution in [0.25, 0.3) is 0 Å². The lowest BCUT2D eigenvalue weighted by Gasteiger charge is -2.38. The van der Waals surface area contributed by atoms with Gasteiger partial charge in [0.1, 0.15) is 24.0 Å². The van der Waals surface area contributed by atoms with Crippen molar-refractivity contribution in [2.24, 2.45) is 5.92 Å². The maximum atomic E-state index is 12.0. The van der Waals surface area contributed by atoms with E-state index in [1.807, 2.05) is 0 Å². The number of nitro benzene ring substituents is 1. The number of aliphatic hydroxyl groups excluding tert-OH is 1. The first-order valence-electron chi connectivity index (χ1n) is 7.85. The SMILES string of the molecule is CC(OC(=O)OCc1ccc([N+](=O)[O-])cc1)C1C(=O)NC1S(=O)(=O)CCO. The van der Waals surface area contributed by atoms with Gasteiger partial charge in [0.25, 0.3) is 5.69 Å². The average molecular weight is 402 g/mol. The third kappa shape index (κ3) is 4.92. The van der Waals surface area contributed by atoms with Crippen LogP contribution in [0, 0.1) is 16.0 Å². The zero-order valence-electron chi connectivity index (χ0n) is 14.2. The van der Waals surface area contributed by atoms with E-state index in [4.69, 9.17) is 14.6 Å². The number of β-lactam (4-membered cyclic amide) rings is 1. The number of benzene rings is 1. The van der Waals surface area contributed by atoms with Crippen LogP contribution in [0.15, 0.2) is 24.3 Å². The Bertz CT molecular complexity index is 822. The topological polar surface area (TPSA) is 162 Å². The number of carbonyl (C=O) groups is 2.